The van der Waals surface area contributed by atoms with Crippen LogP contribution in [0.4, 0.5) is 4.39 Å². The van der Waals surface area contributed by atoms with Gasteiger partial charge in [-0.05, 0) is 6.07 Å². The smallest absolute Gasteiger partial charge is 0.255 e. The van der Waals surface area contributed by atoms with Crippen LogP contribution in [0.25, 0.3) is 0 Å². The number of nitrogens with zero attached hydrogens (tertiary/aromatic N) is 1. The van der Waals surface area contributed by atoms with E-state index in [0.29, 0.717) is 0 Å². The van der Waals surface area contributed by atoms with Crippen molar-refractivity contribution in [3.63, 3.8) is 0 Å². The summed E-state index contributed by atoms with van der Waals surface area (Å²) in [5, 5.41) is 2.30. The summed E-state index contributed by atoms with van der Waals surface area (Å²) in [6.07, 6.45) is 5.87. The molecular formula is C9H6ClFN2O. The molecule has 1 aromatic rings. The van der Waals surface area contributed by atoms with Crippen LogP contribution in [0.15, 0.2) is 12.3 Å². The van der Waals surface area contributed by atoms with Crippen molar-refractivity contribution in [2.75, 3.05) is 6.54 Å². The number of halogens is 2. The standard InChI is InChI=1S/C9H6ClFN2O/c1-2-3-12-9(14)7-4-6(11)5-13-8(7)10/h1,4-5H,3H2,(H,12,14). The van der Waals surface area contributed by atoms with Crippen molar-refractivity contribution in [2.24, 2.45) is 0 Å². The van der Waals surface area contributed by atoms with Crippen molar-refractivity contribution >= 4 is 17.5 Å². The average molecular weight is 213 g/mol. The van der Waals surface area contributed by atoms with E-state index in [2.05, 4.69) is 16.2 Å². The fourth-order valence-corrected chi connectivity index (χ4v) is 0.998. The summed E-state index contributed by atoms with van der Waals surface area (Å²) in [6, 6.07) is 1.00. The van der Waals surface area contributed by atoms with Crippen LogP contribution in [-0.2, 0) is 0 Å². The highest BCUT2D eigenvalue weighted by atomic mass is 35.5. The van der Waals surface area contributed by atoms with Crippen molar-refractivity contribution in [1.82, 2.24) is 10.3 Å². The van der Waals surface area contributed by atoms with Crippen molar-refractivity contribution in [3.05, 3.63) is 28.8 Å². The SMILES string of the molecule is C#CCNC(=O)c1cc(F)cnc1Cl. The first kappa shape index (κ1) is 10.5. The summed E-state index contributed by atoms with van der Waals surface area (Å²) in [6.45, 7) is 0.0612. The van der Waals surface area contributed by atoms with E-state index < -0.39 is 11.7 Å². The summed E-state index contributed by atoms with van der Waals surface area (Å²) in [7, 11) is 0. The zero-order valence-electron chi connectivity index (χ0n) is 7.05. The normalized spacial score (nSPS) is 9.21. The molecule has 0 fully saturated rings. The number of carbonyl (C=O) groups is 1. The Balaban J connectivity index is 2.90. The molecular weight excluding hydrogens is 207 g/mol. The van der Waals surface area contributed by atoms with E-state index in [1.807, 2.05) is 0 Å². The highest BCUT2D eigenvalue weighted by molar-refractivity contribution is 6.32. The zero-order chi connectivity index (χ0) is 10.6. The Morgan fingerprint density at radius 1 is 1.79 bits per heavy atom. The van der Waals surface area contributed by atoms with Crippen LogP contribution < -0.4 is 5.32 Å². The highest BCUT2D eigenvalue weighted by Gasteiger charge is 2.11. The lowest BCUT2D eigenvalue weighted by molar-refractivity contribution is 0.0958. The third-order valence-corrected chi connectivity index (χ3v) is 1.70. The molecule has 0 unspecified atom stereocenters. The number of carbonyl (C=O) groups excluding carboxylic acids is 1. The molecule has 1 N–H and O–H groups in total. The van der Waals surface area contributed by atoms with Gasteiger partial charge in [-0.2, -0.15) is 0 Å². The lowest BCUT2D eigenvalue weighted by atomic mass is 10.2. The number of pyridine rings is 1. The topological polar surface area (TPSA) is 42.0 Å². The summed E-state index contributed by atoms with van der Waals surface area (Å²) >= 11 is 5.58. The van der Waals surface area contributed by atoms with Crippen LogP contribution >= 0.6 is 11.6 Å². The van der Waals surface area contributed by atoms with E-state index in [4.69, 9.17) is 18.0 Å². The maximum Gasteiger partial charge on any atom is 0.255 e. The fourth-order valence-electron chi connectivity index (χ4n) is 0.808. The number of amides is 1. The molecule has 0 aromatic carbocycles. The monoisotopic (exact) mass is 212 g/mol. The number of nitrogens with one attached hydrogen (secondary N) is 1. The average Bonchev–Trinajstić information content (AvgIpc) is 2.18. The zero-order valence-corrected chi connectivity index (χ0v) is 7.81. The van der Waals surface area contributed by atoms with Crippen molar-refractivity contribution in [2.45, 2.75) is 0 Å². The Morgan fingerprint density at radius 3 is 3.14 bits per heavy atom. The van der Waals surface area contributed by atoms with Crippen LogP contribution in [0.2, 0.25) is 5.15 Å². The molecule has 0 bridgehead atoms. The van der Waals surface area contributed by atoms with E-state index in [-0.39, 0.29) is 17.3 Å². The lowest BCUT2D eigenvalue weighted by Crippen LogP contribution is -2.24. The molecule has 14 heavy (non-hydrogen) atoms. The minimum Gasteiger partial charge on any atom is -0.341 e. The maximum absolute atomic E-state index is 12.7. The molecule has 1 rings (SSSR count). The third-order valence-electron chi connectivity index (χ3n) is 1.40. The molecule has 0 spiro atoms. The van der Waals surface area contributed by atoms with Gasteiger partial charge in [0, 0.05) is 0 Å². The van der Waals surface area contributed by atoms with Crippen molar-refractivity contribution in [1.29, 1.82) is 0 Å². The van der Waals surface area contributed by atoms with Crippen LogP contribution in [0.3, 0.4) is 0 Å². The number of rotatable bonds is 2. The van der Waals surface area contributed by atoms with E-state index in [1.54, 1.807) is 0 Å². The Labute approximate surface area is 85.3 Å². The molecule has 5 heteroatoms. The largest absolute Gasteiger partial charge is 0.341 e. The molecule has 0 saturated heterocycles. The van der Waals surface area contributed by atoms with Gasteiger partial charge in [0.15, 0.2) is 0 Å². The lowest BCUT2D eigenvalue weighted by Gasteiger charge is -2.02. The van der Waals surface area contributed by atoms with Gasteiger partial charge in [-0.1, -0.05) is 17.5 Å². The quantitative estimate of drug-likeness (QED) is 0.592. The van der Waals surface area contributed by atoms with E-state index in [1.165, 1.54) is 0 Å². The molecule has 0 saturated carbocycles. The van der Waals surface area contributed by atoms with Gasteiger partial charge < -0.3 is 5.32 Å². The van der Waals surface area contributed by atoms with Gasteiger partial charge in [0.25, 0.3) is 5.91 Å². The molecule has 0 atom stereocenters. The van der Waals surface area contributed by atoms with Gasteiger partial charge >= 0.3 is 0 Å². The highest BCUT2D eigenvalue weighted by Crippen LogP contribution is 2.13. The van der Waals surface area contributed by atoms with Gasteiger partial charge in [-0.15, -0.1) is 6.42 Å². The second-order valence-electron chi connectivity index (χ2n) is 2.38. The van der Waals surface area contributed by atoms with E-state index in [0.717, 1.165) is 12.3 Å². The van der Waals surface area contributed by atoms with E-state index >= 15 is 0 Å². The van der Waals surface area contributed by atoms with Crippen molar-refractivity contribution in [3.8, 4) is 12.3 Å². The third kappa shape index (κ3) is 2.44. The Bertz CT molecular complexity index is 400. The fraction of sp³-hybridized carbons (Fsp3) is 0.111. The van der Waals surface area contributed by atoms with Gasteiger partial charge in [0.2, 0.25) is 0 Å². The second-order valence-corrected chi connectivity index (χ2v) is 2.74. The van der Waals surface area contributed by atoms with Crippen LogP contribution in [0.5, 0.6) is 0 Å². The molecule has 0 aliphatic heterocycles. The minimum atomic E-state index is -0.625. The maximum atomic E-state index is 12.7. The Morgan fingerprint density at radius 2 is 2.50 bits per heavy atom. The van der Waals surface area contributed by atoms with Gasteiger partial charge in [0.05, 0.1) is 18.3 Å². The molecule has 3 nitrogen and oxygen atoms in total. The number of hydrogen-bond donors (Lipinski definition) is 1. The Kier molecular flexibility index (Phi) is 3.43. The predicted molar refractivity (Wildman–Crippen MR) is 50.4 cm³/mol. The summed E-state index contributed by atoms with van der Waals surface area (Å²) in [5.41, 5.74) is -0.0260. The summed E-state index contributed by atoms with van der Waals surface area (Å²) in [4.78, 5) is 14.8. The first-order valence-electron chi connectivity index (χ1n) is 3.68. The molecule has 0 aliphatic rings. The van der Waals surface area contributed by atoms with Crippen LogP contribution in [0.1, 0.15) is 10.4 Å². The first-order valence-corrected chi connectivity index (χ1v) is 4.05. The first-order chi connectivity index (χ1) is 6.65. The molecule has 1 aromatic heterocycles. The summed E-state index contributed by atoms with van der Waals surface area (Å²) in [5.74, 6) is 1.05. The second kappa shape index (κ2) is 4.58. The van der Waals surface area contributed by atoms with Gasteiger partial charge in [0.1, 0.15) is 11.0 Å². The van der Waals surface area contributed by atoms with Gasteiger partial charge in [-0.25, -0.2) is 9.37 Å². The number of hydrogen-bond acceptors (Lipinski definition) is 2. The molecule has 0 aliphatic carbocycles. The van der Waals surface area contributed by atoms with Crippen molar-refractivity contribution < 1.29 is 9.18 Å². The van der Waals surface area contributed by atoms with Crippen LogP contribution in [0, 0.1) is 18.2 Å². The van der Waals surface area contributed by atoms with Crippen LogP contribution in [-0.4, -0.2) is 17.4 Å². The molecule has 0 radical (unpaired) electrons. The molecule has 1 heterocycles. The minimum absolute atomic E-state index is 0.0260. The Hall–Kier alpha value is -1.60. The number of terminal acetylenes is 1. The molecule has 1 amide bonds. The number of aromatic nitrogens is 1. The summed E-state index contributed by atoms with van der Waals surface area (Å²) < 4.78 is 12.7. The van der Waals surface area contributed by atoms with Gasteiger partial charge in [-0.3, -0.25) is 4.79 Å². The predicted octanol–water partition coefficient (Wildman–Crippen LogP) is 1.24. The molecule has 72 valence electrons. The van der Waals surface area contributed by atoms with E-state index in [9.17, 15) is 9.18 Å².